The lowest BCUT2D eigenvalue weighted by Crippen LogP contribution is -2.21. The SMILES string of the molecule is CCOC(=O)c1cc(OB(O)O)ccc1F. The van der Waals surface area contributed by atoms with Gasteiger partial charge in [0.15, 0.2) is 0 Å². The van der Waals surface area contributed by atoms with Gasteiger partial charge >= 0.3 is 13.3 Å². The molecule has 0 unspecified atom stereocenters. The Morgan fingerprint density at radius 1 is 1.50 bits per heavy atom. The van der Waals surface area contributed by atoms with Gasteiger partial charge in [-0.2, -0.15) is 0 Å². The van der Waals surface area contributed by atoms with E-state index in [1.54, 1.807) is 6.92 Å². The molecule has 7 heteroatoms. The number of ether oxygens (including phenoxy) is 1. The van der Waals surface area contributed by atoms with E-state index in [1.165, 1.54) is 0 Å². The molecule has 5 nitrogen and oxygen atoms in total. The van der Waals surface area contributed by atoms with Gasteiger partial charge in [0.05, 0.1) is 12.2 Å². The number of carbonyl (C=O) groups is 1. The van der Waals surface area contributed by atoms with Crippen molar-refractivity contribution >= 4 is 13.3 Å². The van der Waals surface area contributed by atoms with E-state index in [2.05, 4.69) is 9.39 Å². The van der Waals surface area contributed by atoms with Crippen LogP contribution in [0.5, 0.6) is 5.75 Å². The minimum Gasteiger partial charge on any atom is -0.512 e. The Morgan fingerprint density at radius 3 is 2.75 bits per heavy atom. The van der Waals surface area contributed by atoms with Crippen molar-refractivity contribution in [2.45, 2.75) is 6.92 Å². The molecule has 86 valence electrons. The summed E-state index contributed by atoms with van der Waals surface area (Å²) in [6.45, 7) is 1.71. The van der Waals surface area contributed by atoms with E-state index in [0.717, 1.165) is 18.2 Å². The van der Waals surface area contributed by atoms with Crippen LogP contribution in [0.15, 0.2) is 18.2 Å². The highest BCUT2D eigenvalue weighted by molar-refractivity contribution is 6.33. The van der Waals surface area contributed by atoms with E-state index in [-0.39, 0.29) is 17.9 Å². The van der Waals surface area contributed by atoms with Gasteiger partial charge in [0, 0.05) is 0 Å². The van der Waals surface area contributed by atoms with Crippen molar-refractivity contribution < 1.29 is 28.6 Å². The summed E-state index contributed by atoms with van der Waals surface area (Å²) in [5.74, 6) is -1.64. The molecule has 16 heavy (non-hydrogen) atoms. The molecule has 0 atom stereocenters. The third-order valence-electron chi connectivity index (χ3n) is 1.67. The van der Waals surface area contributed by atoms with Crippen LogP contribution >= 0.6 is 0 Å². The molecule has 0 aromatic heterocycles. The number of esters is 1. The lowest BCUT2D eigenvalue weighted by molar-refractivity contribution is 0.0520. The van der Waals surface area contributed by atoms with Crippen molar-refractivity contribution in [3.63, 3.8) is 0 Å². The predicted molar refractivity (Wildman–Crippen MR) is 53.2 cm³/mol. The lowest BCUT2D eigenvalue weighted by Gasteiger charge is -2.07. The molecule has 1 rings (SSSR count). The normalized spacial score (nSPS) is 9.75. The number of benzene rings is 1. The Hall–Kier alpha value is -1.60. The molecule has 0 saturated heterocycles. The van der Waals surface area contributed by atoms with Gasteiger partial charge in [0.2, 0.25) is 0 Å². The van der Waals surface area contributed by atoms with Crippen LogP contribution in [0, 0.1) is 5.82 Å². The molecule has 2 N–H and O–H groups in total. The second-order valence-electron chi connectivity index (χ2n) is 2.81. The van der Waals surface area contributed by atoms with Crippen LogP contribution in [-0.2, 0) is 4.74 Å². The highest BCUT2D eigenvalue weighted by atomic mass is 19.1. The van der Waals surface area contributed by atoms with Crippen molar-refractivity contribution in [2.75, 3.05) is 6.61 Å². The largest absolute Gasteiger partial charge is 0.707 e. The average molecular weight is 228 g/mol. The number of hydrogen-bond donors (Lipinski definition) is 2. The van der Waals surface area contributed by atoms with Gasteiger partial charge in [-0.3, -0.25) is 0 Å². The fourth-order valence-corrected chi connectivity index (χ4v) is 1.06. The monoisotopic (exact) mass is 228 g/mol. The van der Waals surface area contributed by atoms with E-state index in [9.17, 15) is 9.18 Å². The topological polar surface area (TPSA) is 76.0 Å². The zero-order valence-corrected chi connectivity index (χ0v) is 8.51. The van der Waals surface area contributed by atoms with Gasteiger partial charge in [-0.05, 0) is 25.1 Å². The molecular weight excluding hydrogens is 218 g/mol. The van der Waals surface area contributed by atoms with Crippen LogP contribution in [0.3, 0.4) is 0 Å². The molecule has 1 aromatic carbocycles. The minimum absolute atomic E-state index is 0.0422. The van der Waals surface area contributed by atoms with E-state index < -0.39 is 19.1 Å². The van der Waals surface area contributed by atoms with Gasteiger partial charge in [0.25, 0.3) is 0 Å². The molecular formula is C9H10BFO5. The Kier molecular flexibility index (Phi) is 4.27. The number of halogens is 1. The molecule has 0 aliphatic rings. The van der Waals surface area contributed by atoms with Crippen molar-refractivity contribution in [2.24, 2.45) is 0 Å². The summed E-state index contributed by atoms with van der Waals surface area (Å²) < 4.78 is 22.3. The third kappa shape index (κ3) is 3.21. The Labute approximate surface area is 91.6 Å². The summed E-state index contributed by atoms with van der Waals surface area (Å²) in [4.78, 5) is 11.3. The average Bonchev–Trinajstić information content (AvgIpc) is 2.20. The summed E-state index contributed by atoms with van der Waals surface area (Å²) in [6, 6.07) is 3.17. The molecule has 0 radical (unpaired) electrons. The maximum Gasteiger partial charge on any atom is 0.707 e. The molecule has 0 spiro atoms. The Morgan fingerprint density at radius 2 is 2.19 bits per heavy atom. The second kappa shape index (κ2) is 5.48. The fraction of sp³-hybridized carbons (Fsp3) is 0.222. The fourth-order valence-electron chi connectivity index (χ4n) is 1.06. The molecule has 0 amide bonds. The maximum atomic E-state index is 13.2. The van der Waals surface area contributed by atoms with Gasteiger partial charge in [-0.1, -0.05) is 0 Å². The quantitative estimate of drug-likeness (QED) is 0.574. The predicted octanol–water partition coefficient (Wildman–Crippen LogP) is 0.351. The van der Waals surface area contributed by atoms with E-state index >= 15 is 0 Å². The molecule has 0 aliphatic carbocycles. The molecule has 0 bridgehead atoms. The van der Waals surface area contributed by atoms with Gasteiger partial charge in [-0.25, -0.2) is 9.18 Å². The lowest BCUT2D eigenvalue weighted by atomic mass is 10.2. The van der Waals surface area contributed by atoms with Crippen LogP contribution in [0.4, 0.5) is 4.39 Å². The molecule has 0 aliphatic heterocycles. The highest BCUT2D eigenvalue weighted by Crippen LogP contribution is 2.18. The first kappa shape index (κ1) is 12.5. The first-order valence-electron chi connectivity index (χ1n) is 4.54. The van der Waals surface area contributed by atoms with Crippen LogP contribution in [-0.4, -0.2) is 29.9 Å². The van der Waals surface area contributed by atoms with Crippen LogP contribution in [0.25, 0.3) is 0 Å². The van der Waals surface area contributed by atoms with Crippen LogP contribution < -0.4 is 4.65 Å². The molecule has 0 heterocycles. The summed E-state index contributed by atoms with van der Waals surface area (Å²) in [5.41, 5.74) is -0.319. The van der Waals surface area contributed by atoms with Crippen LogP contribution in [0.2, 0.25) is 0 Å². The van der Waals surface area contributed by atoms with Crippen molar-refractivity contribution in [1.82, 2.24) is 0 Å². The number of carbonyl (C=O) groups excluding carboxylic acids is 1. The first-order valence-corrected chi connectivity index (χ1v) is 4.54. The van der Waals surface area contributed by atoms with E-state index in [0.29, 0.717) is 0 Å². The molecule has 1 aromatic rings. The number of hydrogen-bond acceptors (Lipinski definition) is 5. The van der Waals surface area contributed by atoms with Crippen LogP contribution in [0.1, 0.15) is 17.3 Å². The smallest absolute Gasteiger partial charge is 0.512 e. The highest BCUT2D eigenvalue weighted by Gasteiger charge is 2.17. The van der Waals surface area contributed by atoms with Crippen molar-refractivity contribution in [1.29, 1.82) is 0 Å². The standard InChI is InChI=1S/C9H10BFO5/c1-2-15-9(12)7-5-6(16-10(13)14)3-4-8(7)11/h3-5,13-14H,2H2,1H3. The Bertz CT molecular complexity index is 382. The molecule has 0 fully saturated rings. The third-order valence-corrected chi connectivity index (χ3v) is 1.67. The van der Waals surface area contributed by atoms with Crippen molar-refractivity contribution in [3.8, 4) is 5.75 Å². The number of rotatable bonds is 4. The van der Waals surface area contributed by atoms with E-state index in [4.69, 9.17) is 10.0 Å². The Balaban J connectivity index is 2.94. The van der Waals surface area contributed by atoms with Gasteiger partial charge in [-0.15, -0.1) is 0 Å². The maximum absolute atomic E-state index is 13.2. The second-order valence-corrected chi connectivity index (χ2v) is 2.81. The first-order chi connectivity index (χ1) is 7.54. The van der Waals surface area contributed by atoms with Crippen molar-refractivity contribution in [3.05, 3.63) is 29.6 Å². The van der Waals surface area contributed by atoms with Gasteiger partial charge < -0.3 is 19.4 Å². The minimum atomic E-state index is -2.03. The van der Waals surface area contributed by atoms with Gasteiger partial charge in [0.1, 0.15) is 11.6 Å². The summed E-state index contributed by atoms with van der Waals surface area (Å²) in [5, 5.41) is 17.1. The summed E-state index contributed by atoms with van der Waals surface area (Å²) in [7, 11) is -2.03. The zero-order valence-electron chi connectivity index (χ0n) is 8.51. The molecule has 0 saturated carbocycles. The summed E-state index contributed by atoms with van der Waals surface area (Å²) in [6.07, 6.45) is 0. The van der Waals surface area contributed by atoms with E-state index in [1.807, 2.05) is 0 Å². The summed E-state index contributed by atoms with van der Waals surface area (Å²) >= 11 is 0. The zero-order chi connectivity index (χ0) is 12.1.